The van der Waals surface area contributed by atoms with Crippen LogP contribution in [0.1, 0.15) is 6.92 Å². The van der Waals surface area contributed by atoms with Gasteiger partial charge in [0.15, 0.2) is 0 Å². The van der Waals surface area contributed by atoms with Gasteiger partial charge < -0.3 is 9.64 Å². The van der Waals surface area contributed by atoms with Crippen LogP contribution in [-0.4, -0.2) is 25.7 Å². The second-order valence-corrected chi connectivity index (χ2v) is 2.60. The van der Waals surface area contributed by atoms with Crippen LogP contribution in [0.2, 0.25) is 0 Å². The van der Waals surface area contributed by atoms with Crippen molar-refractivity contribution in [2.75, 3.05) is 25.6 Å². The number of hydrogen-bond acceptors (Lipinski definition) is 3. The number of ether oxygens (including phenoxy) is 1. The van der Waals surface area contributed by atoms with Gasteiger partial charge in [-0.3, -0.25) is 4.98 Å². The summed E-state index contributed by atoms with van der Waals surface area (Å²) in [6.07, 6.45) is 3.53. The Morgan fingerprint density at radius 1 is 1.50 bits per heavy atom. The smallest absolute Gasteiger partial charge is 0.139 e. The molecule has 0 fully saturated rings. The fourth-order valence-corrected chi connectivity index (χ4v) is 0.910. The predicted molar refractivity (Wildman–Crippen MR) is 49.7 cm³/mol. The third-order valence-electron chi connectivity index (χ3n) is 1.85. The summed E-state index contributed by atoms with van der Waals surface area (Å²) in [6, 6.07) is 1.97. The van der Waals surface area contributed by atoms with Gasteiger partial charge in [0.25, 0.3) is 0 Å². The van der Waals surface area contributed by atoms with Gasteiger partial charge in [-0.25, -0.2) is 0 Å². The van der Waals surface area contributed by atoms with E-state index in [-0.39, 0.29) is 0 Å². The first-order chi connectivity index (χ1) is 5.77. The Labute approximate surface area is 73.0 Å². The Morgan fingerprint density at radius 3 is 2.83 bits per heavy atom. The first-order valence-corrected chi connectivity index (χ1v) is 3.98. The average molecular weight is 166 g/mol. The minimum Gasteiger partial charge on any atom is -0.495 e. The SMILES string of the molecule is CCN(C)c1cncc(OC)c1. The summed E-state index contributed by atoms with van der Waals surface area (Å²) in [6.45, 7) is 3.06. The number of methoxy groups -OCH3 is 1. The number of aromatic nitrogens is 1. The molecule has 0 amide bonds. The van der Waals surface area contributed by atoms with Crippen molar-refractivity contribution in [3.8, 4) is 5.75 Å². The van der Waals surface area contributed by atoms with Crippen molar-refractivity contribution in [1.29, 1.82) is 0 Å². The van der Waals surface area contributed by atoms with E-state index in [4.69, 9.17) is 4.74 Å². The molecule has 66 valence electrons. The molecule has 0 radical (unpaired) electrons. The number of anilines is 1. The molecule has 0 aliphatic rings. The minimum atomic E-state index is 0.799. The maximum atomic E-state index is 5.06. The summed E-state index contributed by atoms with van der Waals surface area (Å²) >= 11 is 0. The molecule has 1 rings (SSSR count). The molecule has 0 saturated heterocycles. The van der Waals surface area contributed by atoms with E-state index in [9.17, 15) is 0 Å². The van der Waals surface area contributed by atoms with Crippen molar-refractivity contribution in [3.05, 3.63) is 18.5 Å². The first kappa shape index (κ1) is 8.84. The number of nitrogens with zero attached hydrogens (tertiary/aromatic N) is 2. The number of rotatable bonds is 3. The van der Waals surface area contributed by atoms with Gasteiger partial charge in [0.2, 0.25) is 0 Å². The molecule has 1 aromatic heterocycles. The van der Waals surface area contributed by atoms with Crippen LogP contribution in [-0.2, 0) is 0 Å². The van der Waals surface area contributed by atoms with Gasteiger partial charge in [-0.05, 0) is 6.92 Å². The monoisotopic (exact) mass is 166 g/mol. The molecule has 0 aliphatic carbocycles. The van der Waals surface area contributed by atoms with E-state index in [1.54, 1.807) is 13.3 Å². The van der Waals surface area contributed by atoms with Gasteiger partial charge >= 0.3 is 0 Å². The molecule has 0 atom stereocenters. The van der Waals surface area contributed by atoms with Gasteiger partial charge in [0, 0.05) is 19.7 Å². The van der Waals surface area contributed by atoms with Gasteiger partial charge in [-0.2, -0.15) is 0 Å². The van der Waals surface area contributed by atoms with Crippen molar-refractivity contribution < 1.29 is 4.74 Å². The van der Waals surface area contributed by atoms with Crippen LogP contribution in [0.25, 0.3) is 0 Å². The van der Waals surface area contributed by atoms with E-state index in [2.05, 4.69) is 16.8 Å². The Hall–Kier alpha value is -1.25. The van der Waals surface area contributed by atoms with Crippen molar-refractivity contribution in [2.24, 2.45) is 0 Å². The lowest BCUT2D eigenvalue weighted by Gasteiger charge is -2.16. The van der Waals surface area contributed by atoms with Gasteiger partial charge in [-0.1, -0.05) is 0 Å². The summed E-state index contributed by atoms with van der Waals surface area (Å²) in [5.74, 6) is 0.799. The van der Waals surface area contributed by atoms with Crippen LogP contribution in [0.3, 0.4) is 0 Å². The second kappa shape index (κ2) is 3.95. The van der Waals surface area contributed by atoms with E-state index < -0.39 is 0 Å². The van der Waals surface area contributed by atoms with Gasteiger partial charge in [-0.15, -0.1) is 0 Å². The van der Waals surface area contributed by atoms with Gasteiger partial charge in [0.1, 0.15) is 5.75 Å². The zero-order valence-electron chi connectivity index (χ0n) is 7.74. The Morgan fingerprint density at radius 2 is 2.25 bits per heavy atom. The summed E-state index contributed by atoms with van der Waals surface area (Å²) in [4.78, 5) is 6.16. The Bertz CT molecular complexity index is 250. The molecule has 0 spiro atoms. The molecule has 0 saturated carbocycles. The summed E-state index contributed by atoms with van der Waals surface area (Å²) in [5, 5.41) is 0. The maximum absolute atomic E-state index is 5.06. The molecular formula is C9H14N2O. The predicted octanol–water partition coefficient (Wildman–Crippen LogP) is 1.55. The molecule has 0 unspecified atom stereocenters. The molecule has 0 aromatic carbocycles. The van der Waals surface area contributed by atoms with E-state index in [1.807, 2.05) is 19.3 Å². The zero-order chi connectivity index (χ0) is 8.97. The lowest BCUT2D eigenvalue weighted by Crippen LogP contribution is -2.15. The van der Waals surface area contributed by atoms with Crippen molar-refractivity contribution >= 4 is 5.69 Å². The molecule has 3 heteroatoms. The number of pyridine rings is 1. The van der Waals surface area contributed by atoms with Crippen LogP contribution < -0.4 is 9.64 Å². The topological polar surface area (TPSA) is 25.4 Å². The van der Waals surface area contributed by atoms with E-state index in [0.29, 0.717) is 0 Å². The van der Waals surface area contributed by atoms with Crippen molar-refractivity contribution in [3.63, 3.8) is 0 Å². The van der Waals surface area contributed by atoms with Gasteiger partial charge in [0.05, 0.1) is 25.2 Å². The highest BCUT2D eigenvalue weighted by atomic mass is 16.5. The highest BCUT2D eigenvalue weighted by Gasteiger charge is 1.99. The highest BCUT2D eigenvalue weighted by molar-refractivity contribution is 5.47. The molecule has 0 aliphatic heterocycles. The Kier molecular flexibility index (Phi) is 2.91. The largest absolute Gasteiger partial charge is 0.495 e. The third-order valence-corrected chi connectivity index (χ3v) is 1.85. The van der Waals surface area contributed by atoms with E-state index >= 15 is 0 Å². The highest BCUT2D eigenvalue weighted by Crippen LogP contribution is 2.17. The fourth-order valence-electron chi connectivity index (χ4n) is 0.910. The molecule has 1 aromatic rings. The summed E-state index contributed by atoms with van der Waals surface area (Å²) in [5.41, 5.74) is 1.08. The van der Waals surface area contributed by atoms with Crippen molar-refractivity contribution in [1.82, 2.24) is 4.98 Å². The molecule has 12 heavy (non-hydrogen) atoms. The van der Waals surface area contributed by atoms with E-state index in [0.717, 1.165) is 18.0 Å². The van der Waals surface area contributed by atoms with Crippen LogP contribution in [0, 0.1) is 0 Å². The summed E-state index contributed by atoms with van der Waals surface area (Å²) < 4.78 is 5.06. The van der Waals surface area contributed by atoms with Crippen LogP contribution in [0.4, 0.5) is 5.69 Å². The fraction of sp³-hybridized carbons (Fsp3) is 0.444. The minimum absolute atomic E-state index is 0.799. The molecule has 1 heterocycles. The second-order valence-electron chi connectivity index (χ2n) is 2.60. The average Bonchev–Trinajstić information content (AvgIpc) is 2.17. The maximum Gasteiger partial charge on any atom is 0.139 e. The van der Waals surface area contributed by atoms with E-state index in [1.165, 1.54) is 0 Å². The lowest BCUT2D eigenvalue weighted by atomic mass is 10.3. The first-order valence-electron chi connectivity index (χ1n) is 3.98. The molecular weight excluding hydrogens is 152 g/mol. The molecule has 3 nitrogen and oxygen atoms in total. The zero-order valence-corrected chi connectivity index (χ0v) is 7.74. The van der Waals surface area contributed by atoms with Crippen LogP contribution >= 0.6 is 0 Å². The number of hydrogen-bond donors (Lipinski definition) is 0. The summed E-state index contributed by atoms with van der Waals surface area (Å²) in [7, 11) is 3.67. The standard InChI is InChI=1S/C9H14N2O/c1-4-11(2)8-5-9(12-3)7-10-6-8/h5-7H,4H2,1-3H3. The lowest BCUT2D eigenvalue weighted by molar-refractivity contribution is 0.413. The Balaban J connectivity index is 2.86. The molecule has 0 N–H and O–H groups in total. The quantitative estimate of drug-likeness (QED) is 0.681. The normalized spacial score (nSPS) is 9.58. The molecule has 0 bridgehead atoms. The van der Waals surface area contributed by atoms with Crippen LogP contribution in [0.15, 0.2) is 18.5 Å². The van der Waals surface area contributed by atoms with Crippen LogP contribution in [0.5, 0.6) is 5.75 Å². The third kappa shape index (κ3) is 1.87. The van der Waals surface area contributed by atoms with Crippen molar-refractivity contribution in [2.45, 2.75) is 6.92 Å².